The van der Waals surface area contributed by atoms with Gasteiger partial charge >= 0.3 is 0 Å². The number of phenolic OH excluding ortho intramolecular Hbond substituents is 1. The van der Waals surface area contributed by atoms with Crippen LogP contribution >= 0.6 is 11.8 Å². The molecular formula is C24H28N2O6S. The fourth-order valence-electron chi connectivity index (χ4n) is 3.62. The summed E-state index contributed by atoms with van der Waals surface area (Å²) in [6.07, 6.45) is 0.102. The molecule has 0 radical (unpaired) electrons. The Morgan fingerprint density at radius 1 is 1.21 bits per heavy atom. The molecule has 2 aromatic carbocycles. The number of primary amides is 1. The van der Waals surface area contributed by atoms with E-state index in [9.17, 15) is 24.9 Å². The number of phenols is 1. The summed E-state index contributed by atoms with van der Waals surface area (Å²) in [4.78, 5) is 25.9. The molecule has 4 atom stereocenters. The van der Waals surface area contributed by atoms with Gasteiger partial charge in [-0.15, -0.1) is 11.8 Å². The molecule has 6 N–H and O–H groups in total. The second-order valence-corrected chi connectivity index (χ2v) is 8.81. The number of ether oxygens (including phenoxy) is 1. The van der Waals surface area contributed by atoms with Crippen molar-refractivity contribution >= 4 is 23.6 Å². The van der Waals surface area contributed by atoms with Crippen molar-refractivity contribution in [3.8, 4) is 11.5 Å². The lowest BCUT2D eigenvalue weighted by atomic mass is 9.91. The molecule has 0 bridgehead atoms. The van der Waals surface area contributed by atoms with Crippen molar-refractivity contribution < 1.29 is 29.6 Å². The average molecular weight is 473 g/mol. The average Bonchev–Trinajstić information content (AvgIpc) is 2.77. The van der Waals surface area contributed by atoms with Crippen molar-refractivity contribution in [1.29, 1.82) is 0 Å². The second-order valence-electron chi connectivity index (χ2n) is 7.97. The van der Waals surface area contributed by atoms with Crippen LogP contribution in [0.15, 0.2) is 59.0 Å². The number of benzene rings is 2. The van der Waals surface area contributed by atoms with Gasteiger partial charge in [0.15, 0.2) is 0 Å². The minimum Gasteiger partial charge on any atom is -0.508 e. The van der Waals surface area contributed by atoms with E-state index in [0.29, 0.717) is 11.3 Å². The highest BCUT2D eigenvalue weighted by Gasteiger charge is 2.35. The Bertz CT molecular complexity index is 1040. The van der Waals surface area contributed by atoms with E-state index in [4.69, 9.17) is 10.5 Å². The maximum Gasteiger partial charge on any atom is 0.247 e. The van der Waals surface area contributed by atoms with E-state index < -0.39 is 36.2 Å². The Kier molecular flexibility index (Phi) is 8.01. The highest BCUT2D eigenvalue weighted by atomic mass is 32.2. The van der Waals surface area contributed by atoms with Crippen molar-refractivity contribution in [2.45, 2.75) is 49.0 Å². The number of hydrogen-bond acceptors (Lipinski definition) is 7. The number of aliphatic hydroxyl groups excluding tert-OH is 2. The van der Waals surface area contributed by atoms with Crippen molar-refractivity contribution in [2.75, 3.05) is 6.26 Å². The second kappa shape index (κ2) is 10.7. The predicted octanol–water partition coefficient (Wildman–Crippen LogP) is 1.43. The topological polar surface area (TPSA) is 142 Å². The van der Waals surface area contributed by atoms with Gasteiger partial charge in [-0.05, 0) is 60.7 Å². The van der Waals surface area contributed by atoms with Crippen LogP contribution in [0.1, 0.15) is 17.5 Å². The molecule has 2 amide bonds. The Hall–Kier alpha value is -3.01. The third-order valence-electron chi connectivity index (χ3n) is 5.48. The molecule has 2 aromatic rings. The first-order chi connectivity index (χ1) is 15.7. The highest BCUT2D eigenvalue weighted by molar-refractivity contribution is 7.98. The molecule has 0 fully saturated rings. The van der Waals surface area contributed by atoms with E-state index in [1.807, 2.05) is 25.3 Å². The molecule has 3 rings (SSSR count). The van der Waals surface area contributed by atoms with E-state index in [2.05, 4.69) is 5.32 Å². The van der Waals surface area contributed by atoms with E-state index in [0.717, 1.165) is 10.5 Å². The fourth-order valence-corrected chi connectivity index (χ4v) is 4.21. The molecule has 1 aliphatic rings. The summed E-state index contributed by atoms with van der Waals surface area (Å²) in [6, 6.07) is 10.7. The first-order valence-corrected chi connectivity index (χ1v) is 11.7. The molecule has 0 saturated heterocycles. The summed E-state index contributed by atoms with van der Waals surface area (Å²) in [7, 11) is 0. The number of amides is 2. The predicted molar refractivity (Wildman–Crippen MR) is 125 cm³/mol. The molecule has 0 heterocycles. The van der Waals surface area contributed by atoms with Crippen LogP contribution in [0, 0.1) is 6.92 Å². The molecule has 0 saturated carbocycles. The monoisotopic (exact) mass is 472 g/mol. The molecule has 9 heteroatoms. The Balaban J connectivity index is 1.75. The van der Waals surface area contributed by atoms with Crippen molar-refractivity contribution in [3.05, 3.63) is 65.2 Å². The molecule has 0 aliphatic heterocycles. The summed E-state index contributed by atoms with van der Waals surface area (Å²) in [5.41, 5.74) is 7.37. The third-order valence-corrected chi connectivity index (χ3v) is 6.38. The van der Waals surface area contributed by atoms with E-state index in [1.165, 1.54) is 18.2 Å². The third kappa shape index (κ3) is 6.28. The van der Waals surface area contributed by atoms with Crippen molar-refractivity contribution in [1.82, 2.24) is 5.32 Å². The minimum atomic E-state index is -1.22. The van der Waals surface area contributed by atoms with Gasteiger partial charge in [0.1, 0.15) is 29.7 Å². The van der Waals surface area contributed by atoms with Crippen molar-refractivity contribution in [3.63, 3.8) is 0 Å². The van der Waals surface area contributed by atoms with Crippen molar-refractivity contribution in [2.24, 2.45) is 5.73 Å². The van der Waals surface area contributed by atoms with Crippen LogP contribution in [0.25, 0.3) is 0 Å². The number of hydrogen-bond donors (Lipinski definition) is 5. The number of carbonyl (C=O) groups is 2. The van der Waals surface area contributed by atoms with Gasteiger partial charge in [-0.25, -0.2) is 0 Å². The summed E-state index contributed by atoms with van der Waals surface area (Å²) < 4.78 is 5.87. The fraction of sp³-hybridized carbons (Fsp3) is 0.333. The van der Waals surface area contributed by atoms with Gasteiger partial charge in [0.2, 0.25) is 11.8 Å². The maximum absolute atomic E-state index is 12.9. The van der Waals surface area contributed by atoms with Gasteiger partial charge in [0, 0.05) is 23.3 Å². The zero-order valence-corrected chi connectivity index (χ0v) is 19.2. The zero-order valence-electron chi connectivity index (χ0n) is 18.4. The number of nitrogens with two attached hydrogens (primary N) is 1. The Labute approximate surface area is 196 Å². The van der Waals surface area contributed by atoms with Crippen LogP contribution in [-0.4, -0.2) is 57.7 Å². The summed E-state index contributed by atoms with van der Waals surface area (Å²) in [5, 5.41) is 32.7. The molecule has 8 nitrogen and oxygen atoms in total. The largest absolute Gasteiger partial charge is 0.508 e. The number of aryl methyl sites for hydroxylation is 1. The number of carbonyl (C=O) groups excluding carboxylic acids is 2. The minimum absolute atomic E-state index is 0.0858. The Morgan fingerprint density at radius 3 is 2.52 bits per heavy atom. The normalized spacial score (nSPS) is 21.1. The maximum atomic E-state index is 12.9. The number of nitrogens with one attached hydrogen (secondary N) is 1. The van der Waals surface area contributed by atoms with Gasteiger partial charge < -0.3 is 31.1 Å². The molecular weight excluding hydrogens is 444 g/mol. The van der Waals surface area contributed by atoms with Crippen LogP contribution < -0.4 is 15.8 Å². The summed E-state index contributed by atoms with van der Waals surface area (Å²) >= 11 is 1.60. The first-order valence-electron chi connectivity index (χ1n) is 10.4. The number of aliphatic hydroxyl groups is 2. The van der Waals surface area contributed by atoms with Gasteiger partial charge in [-0.3, -0.25) is 9.59 Å². The van der Waals surface area contributed by atoms with E-state index in [-0.39, 0.29) is 24.2 Å². The zero-order chi connectivity index (χ0) is 24.1. The van der Waals surface area contributed by atoms with Crippen LogP contribution in [0.5, 0.6) is 11.5 Å². The molecule has 0 aromatic heterocycles. The van der Waals surface area contributed by atoms with Gasteiger partial charge in [0.05, 0.1) is 6.10 Å². The van der Waals surface area contributed by atoms with Crippen LogP contribution in [0.2, 0.25) is 0 Å². The SMILES string of the molecule is CSc1ccc(O[C@H]2C=C(C(=O)N[C@@H](Cc3ccc(O)cc3)C(N)=O)C[C@@H](O)[C@H]2O)cc1C. The lowest BCUT2D eigenvalue weighted by molar-refractivity contribution is -0.126. The molecule has 0 spiro atoms. The number of aromatic hydroxyl groups is 1. The van der Waals surface area contributed by atoms with Crippen LogP contribution in [-0.2, 0) is 16.0 Å². The Morgan fingerprint density at radius 2 is 1.91 bits per heavy atom. The summed E-state index contributed by atoms with van der Waals surface area (Å²) in [6.45, 7) is 1.94. The van der Waals surface area contributed by atoms with Crippen LogP contribution in [0.3, 0.4) is 0 Å². The number of rotatable bonds is 8. The van der Waals surface area contributed by atoms with Gasteiger partial charge in [0.25, 0.3) is 0 Å². The van der Waals surface area contributed by atoms with E-state index in [1.54, 1.807) is 30.0 Å². The summed E-state index contributed by atoms with van der Waals surface area (Å²) in [5.74, 6) is -0.707. The molecule has 33 heavy (non-hydrogen) atoms. The lowest BCUT2D eigenvalue weighted by Crippen LogP contribution is -2.49. The molecule has 1 aliphatic carbocycles. The van der Waals surface area contributed by atoms with Gasteiger partial charge in [-0.1, -0.05) is 12.1 Å². The smallest absolute Gasteiger partial charge is 0.247 e. The molecule has 0 unspecified atom stereocenters. The first kappa shape index (κ1) is 24.6. The standard InChI is InChI=1S/C24H28N2O6S/c1-13-9-17(7-8-21(13)33-2)32-20-12-15(11-19(28)22(20)29)24(31)26-18(23(25)30)10-14-3-5-16(27)6-4-14/h3-9,12,18-20,22,27-29H,10-11H2,1-2H3,(H2,25,30)(H,26,31)/t18-,19+,20-,22+/m0/s1. The van der Waals surface area contributed by atoms with Gasteiger partial charge in [-0.2, -0.15) is 0 Å². The number of thioether (sulfide) groups is 1. The lowest BCUT2D eigenvalue weighted by Gasteiger charge is -2.31. The van der Waals surface area contributed by atoms with Crippen LogP contribution in [0.4, 0.5) is 0 Å². The van der Waals surface area contributed by atoms with E-state index >= 15 is 0 Å². The quantitative estimate of drug-likeness (QED) is 0.366. The highest BCUT2D eigenvalue weighted by Crippen LogP contribution is 2.28. The molecule has 176 valence electrons.